The lowest BCUT2D eigenvalue weighted by atomic mass is 9.73. The number of hydrogen-bond acceptors (Lipinski definition) is 3. The topological polar surface area (TPSA) is 43.8 Å². The summed E-state index contributed by atoms with van der Waals surface area (Å²) in [6, 6.07) is 4.19. The molecule has 144 valence electrons. The molecule has 4 nitrogen and oxygen atoms in total. The van der Waals surface area contributed by atoms with E-state index in [0.29, 0.717) is 18.4 Å². The van der Waals surface area contributed by atoms with Crippen molar-refractivity contribution in [3.63, 3.8) is 0 Å². The van der Waals surface area contributed by atoms with Crippen molar-refractivity contribution < 1.29 is 9.90 Å². The van der Waals surface area contributed by atoms with Crippen LogP contribution in [0, 0.1) is 38.0 Å². The van der Waals surface area contributed by atoms with Crippen molar-refractivity contribution in [3.8, 4) is 0 Å². The number of aryl methyl sites for hydroxylation is 3. The first-order chi connectivity index (χ1) is 12.3. The molecular weight excluding hydrogens is 324 g/mol. The maximum absolute atomic E-state index is 13.3. The van der Waals surface area contributed by atoms with Crippen LogP contribution in [0.2, 0.25) is 0 Å². The Hall–Kier alpha value is -1.39. The Kier molecular flexibility index (Phi) is 5.45. The molecule has 2 heterocycles. The van der Waals surface area contributed by atoms with E-state index < -0.39 is 0 Å². The van der Waals surface area contributed by atoms with Gasteiger partial charge in [0, 0.05) is 37.2 Å². The second-order valence-electron chi connectivity index (χ2n) is 9.08. The number of likely N-dealkylation sites (tertiary alicyclic amines) is 2. The molecule has 0 bridgehead atoms. The summed E-state index contributed by atoms with van der Waals surface area (Å²) >= 11 is 0. The standard InChI is InChI=1S/C22H34N2O2/c1-15(2)10-23-7-6-22(14-25)13-24(12-19(22)11-23)21(26)20-17(4)8-16(3)9-18(20)5/h8-9,15,19,25H,6-7,10-14H2,1-5H3/t19-,22+/m0/s1. The average Bonchev–Trinajstić information content (AvgIpc) is 2.92. The molecular formula is C22H34N2O2. The van der Waals surface area contributed by atoms with E-state index in [4.69, 9.17) is 0 Å². The molecule has 2 atom stereocenters. The van der Waals surface area contributed by atoms with E-state index in [1.54, 1.807) is 0 Å². The summed E-state index contributed by atoms with van der Waals surface area (Å²) in [7, 11) is 0. The highest BCUT2D eigenvalue weighted by molar-refractivity contribution is 5.97. The highest BCUT2D eigenvalue weighted by Gasteiger charge is 2.50. The zero-order chi connectivity index (χ0) is 19.1. The Bertz CT molecular complexity index is 662. The average molecular weight is 359 g/mol. The summed E-state index contributed by atoms with van der Waals surface area (Å²) in [5.74, 6) is 1.15. The maximum atomic E-state index is 13.3. The van der Waals surface area contributed by atoms with Crippen LogP contribution in [0.25, 0.3) is 0 Å². The van der Waals surface area contributed by atoms with Crippen LogP contribution in [0.15, 0.2) is 12.1 Å². The van der Waals surface area contributed by atoms with Crippen LogP contribution < -0.4 is 0 Å². The van der Waals surface area contributed by atoms with Gasteiger partial charge >= 0.3 is 0 Å². The van der Waals surface area contributed by atoms with Gasteiger partial charge in [-0.1, -0.05) is 31.5 Å². The molecule has 0 aliphatic carbocycles. The van der Waals surface area contributed by atoms with E-state index in [9.17, 15) is 9.90 Å². The number of fused-ring (bicyclic) bond motifs is 1. The third-order valence-electron chi connectivity index (χ3n) is 6.33. The molecule has 0 saturated carbocycles. The first kappa shape index (κ1) is 19.4. The second-order valence-corrected chi connectivity index (χ2v) is 9.08. The fourth-order valence-electron chi connectivity index (χ4n) is 5.12. The van der Waals surface area contributed by atoms with Crippen LogP contribution in [0.4, 0.5) is 0 Å². The number of piperidine rings is 1. The molecule has 0 aromatic heterocycles. The summed E-state index contributed by atoms with van der Waals surface area (Å²) in [4.78, 5) is 17.8. The smallest absolute Gasteiger partial charge is 0.254 e. The number of carbonyl (C=O) groups is 1. The molecule has 0 radical (unpaired) electrons. The van der Waals surface area contributed by atoms with Crippen molar-refractivity contribution in [3.05, 3.63) is 34.4 Å². The quantitative estimate of drug-likeness (QED) is 0.900. The maximum Gasteiger partial charge on any atom is 0.254 e. The summed E-state index contributed by atoms with van der Waals surface area (Å²) in [5, 5.41) is 10.2. The van der Waals surface area contributed by atoms with E-state index in [1.807, 2.05) is 18.7 Å². The van der Waals surface area contributed by atoms with Gasteiger partial charge in [0.1, 0.15) is 0 Å². The second kappa shape index (κ2) is 7.32. The van der Waals surface area contributed by atoms with Gasteiger partial charge in [-0.3, -0.25) is 4.79 Å². The van der Waals surface area contributed by atoms with Gasteiger partial charge in [0.15, 0.2) is 0 Å². The van der Waals surface area contributed by atoms with E-state index in [2.05, 4.69) is 37.8 Å². The van der Waals surface area contributed by atoms with Crippen LogP contribution in [0.3, 0.4) is 0 Å². The molecule has 0 spiro atoms. The number of nitrogens with zero attached hydrogens (tertiary/aromatic N) is 2. The monoisotopic (exact) mass is 358 g/mol. The lowest BCUT2D eigenvalue weighted by Gasteiger charge is -2.42. The Labute approximate surface area is 158 Å². The molecule has 2 fully saturated rings. The zero-order valence-corrected chi connectivity index (χ0v) is 17.0. The van der Waals surface area contributed by atoms with Crippen molar-refractivity contribution in [2.45, 2.75) is 41.0 Å². The number of benzene rings is 1. The fourth-order valence-corrected chi connectivity index (χ4v) is 5.12. The summed E-state index contributed by atoms with van der Waals surface area (Å²) in [5.41, 5.74) is 4.04. The first-order valence-electron chi connectivity index (χ1n) is 9.96. The normalized spacial score (nSPS) is 26.4. The van der Waals surface area contributed by atoms with Crippen LogP contribution >= 0.6 is 0 Å². The molecule has 26 heavy (non-hydrogen) atoms. The zero-order valence-electron chi connectivity index (χ0n) is 17.0. The molecule has 4 heteroatoms. The van der Waals surface area contributed by atoms with Crippen molar-refractivity contribution in [1.29, 1.82) is 0 Å². The van der Waals surface area contributed by atoms with Crippen LogP contribution in [-0.4, -0.2) is 60.1 Å². The van der Waals surface area contributed by atoms with E-state index in [0.717, 1.165) is 49.3 Å². The van der Waals surface area contributed by atoms with E-state index in [1.165, 1.54) is 5.56 Å². The van der Waals surface area contributed by atoms with Crippen LogP contribution in [-0.2, 0) is 0 Å². The molecule has 2 aliphatic heterocycles. The third kappa shape index (κ3) is 3.54. The lowest BCUT2D eigenvalue weighted by Crippen LogP contribution is -2.49. The molecule has 3 rings (SSSR count). The Morgan fingerprint density at radius 3 is 2.46 bits per heavy atom. The Balaban J connectivity index is 1.80. The number of aliphatic hydroxyl groups is 1. The Morgan fingerprint density at radius 1 is 1.23 bits per heavy atom. The van der Waals surface area contributed by atoms with Gasteiger partial charge in [0.05, 0.1) is 6.61 Å². The van der Waals surface area contributed by atoms with Crippen LogP contribution in [0.5, 0.6) is 0 Å². The van der Waals surface area contributed by atoms with Crippen molar-refractivity contribution in [2.24, 2.45) is 17.3 Å². The highest BCUT2D eigenvalue weighted by Crippen LogP contribution is 2.43. The minimum Gasteiger partial charge on any atom is -0.396 e. The number of rotatable bonds is 4. The van der Waals surface area contributed by atoms with Gasteiger partial charge in [0.25, 0.3) is 5.91 Å². The molecule has 2 saturated heterocycles. The number of amides is 1. The number of hydrogen-bond donors (Lipinski definition) is 1. The molecule has 1 aromatic rings. The van der Waals surface area contributed by atoms with Gasteiger partial charge in [-0.25, -0.2) is 0 Å². The SMILES string of the molecule is Cc1cc(C)c(C(=O)N2C[C@@H]3CN(CC(C)C)CC[C@]3(CO)C2)c(C)c1. The summed E-state index contributed by atoms with van der Waals surface area (Å²) in [6.45, 7) is 15.4. The predicted octanol–water partition coefficient (Wildman–Crippen LogP) is 3.02. The third-order valence-corrected chi connectivity index (χ3v) is 6.33. The molecule has 2 aliphatic rings. The fraction of sp³-hybridized carbons (Fsp3) is 0.682. The molecule has 1 aromatic carbocycles. The van der Waals surface area contributed by atoms with Gasteiger partial charge in [-0.05, 0) is 56.7 Å². The first-order valence-corrected chi connectivity index (χ1v) is 9.96. The largest absolute Gasteiger partial charge is 0.396 e. The van der Waals surface area contributed by atoms with Gasteiger partial charge < -0.3 is 14.9 Å². The van der Waals surface area contributed by atoms with Gasteiger partial charge in [0.2, 0.25) is 0 Å². The predicted molar refractivity (Wildman–Crippen MR) is 105 cm³/mol. The van der Waals surface area contributed by atoms with E-state index >= 15 is 0 Å². The number of aliphatic hydroxyl groups excluding tert-OH is 1. The minimum absolute atomic E-state index is 0.115. The highest BCUT2D eigenvalue weighted by atomic mass is 16.3. The molecule has 0 unspecified atom stereocenters. The van der Waals surface area contributed by atoms with Gasteiger partial charge in [-0.15, -0.1) is 0 Å². The molecule has 1 N–H and O–H groups in total. The Morgan fingerprint density at radius 2 is 1.88 bits per heavy atom. The summed E-state index contributed by atoms with van der Waals surface area (Å²) < 4.78 is 0. The summed E-state index contributed by atoms with van der Waals surface area (Å²) in [6.07, 6.45) is 0.983. The molecule has 1 amide bonds. The number of carbonyl (C=O) groups excluding carboxylic acids is 1. The lowest BCUT2D eigenvalue weighted by molar-refractivity contribution is 0.0153. The van der Waals surface area contributed by atoms with E-state index in [-0.39, 0.29) is 17.9 Å². The van der Waals surface area contributed by atoms with Crippen molar-refractivity contribution in [2.75, 3.05) is 39.3 Å². The minimum atomic E-state index is -0.115. The van der Waals surface area contributed by atoms with Gasteiger partial charge in [-0.2, -0.15) is 0 Å². The van der Waals surface area contributed by atoms with Crippen LogP contribution in [0.1, 0.15) is 47.3 Å². The van der Waals surface area contributed by atoms with Crippen molar-refractivity contribution in [1.82, 2.24) is 9.80 Å². The van der Waals surface area contributed by atoms with Crippen molar-refractivity contribution >= 4 is 5.91 Å².